The molecule has 0 fully saturated rings. The zero-order chi connectivity index (χ0) is 7.98. The summed E-state index contributed by atoms with van der Waals surface area (Å²) in [5.74, 6) is 1.26. The number of hydrogen-bond donors (Lipinski definition) is 1. The summed E-state index contributed by atoms with van der Waals surface area (Å²) in [7, 11) is 0. The van der Waals surface area contributed by atoms with E-state index in [4.69, 9.17) is 5.73 Å². The second-order valence-electron chi connectivity index (χ2n) is 2.79. The van der Waals surface area contributed by atoms with Crippen molar-refractivity contribution in [1.29, 1.82) is 0 Å². The molecule has 2 heteroatoms. The van der Waals surface area contributed by atoms with Crippen LogP contribution in [0, 0.1) is 0 Å². The minimum Gasteiger partial charge on any atom is -0.327 e. The van der Waals surface area contributed by atoms with Crippen LogP contribution in [0.4, 0.5) is 0 Å². The third-order valence-electron chi connectivity index (χ3n) is 1.62. The van der Waals surface area contributed by atoms with E-state index in [1.807, 2.05) is 11.8 Å². The summed E-state index contributed by atoms with van der Waals surface area (Å²) in [6.07, 6.45) is 2.61. The molecule has 2 atom stereocenters. The normalized spacial score (nSPS) is 16.8. The first-order valence-electron chi connectivity index (χ1n) is 4.05. The van der Waals surface area contributed by atoms with Gasteiger partial charge in [-0.1, -0.05) is 20.3 Å². The zero-order valence-corrected chi connectivity index (χ0v) is 8.08. The van der Waals surface area contributed by atoms with Crippen molar-refractivity contribution >= 4 is 11.8 Å². The number of nitrogens with two attached hydrogens (primary N) is 1. The molecule has 0 bridgehead atoms. The highest BCUT2D eigenvalue weighted by Crippen LogP contribution is 2.14. The molecule has 0 aliphatic rings. The van der Waals surface area contributed by atoms with E-state index < -0.39 is 0 Å². The van der Waals surface area contributed by atoms with Crippen LogP contribution >= 0.6 is 11.8 Å². The van der Waals surface area contributed by atoms with Crippen LogP contribution in [0.1, 0.15) is 33.6 Å². The maximum atomic E-state index is 5.70. The third kappa shape index (κ3) is 5.12. The van der Waals surface area contributed by atoms with Gasteiger partial charge in [0.1, 0.15) is 0 Å². The van der Waals surface area contributed by atoms with Gasteiger partial charge in [-0.3, -0.25) is 0 Å². The summed E-state index contributed by atoms with van der Waals surface area (Å²) in [4.78, 5) is 0. The summed E-state index contributed by atoms with van der Waals surface area (Å²) in [5, 5.41) is 0.617. The van der Waals surface area contributed by atoms with Gasteiger partial charge < -0.3 is 5.73 Å². The molecule has 0 saturated heterocycles. The van der Waals surface area contributed by atoms with Crippen LogP contribution in [0.25, 0.3) is 0 Å². The van der Waals surface area contributed by atoms with Crippen molar-refractivity contribution < 1.29 is 0 Å². The Kier molecular flexibility index (Phi) is 6.24. The van der Waals surface area contributed by atoms with Gasteiger partial charge in [-0.2, -0.15) is 11.8 Å². The van der Waals surface area contributed by atoms with Crippen molar-refractivity contribution in [2.24, 2.45) is 5.73 Å². The molecular weight excluding hydrogens is 142 g/mol. The van der Waals surface area contributed by atoms with E-state index in [2.05, 4.69) is 20.8 Å². The Hall–Kier alpha value is 0.310. The Balaban J connectivity index is 3.13. The molecule has 0 aromatic rings. The molecule has 2 N–H and O–H groups in total. The minimum atomic E-state index is 0.335. The third-order valence-corrected chi connectivity index (χ3v) is 3.10. The molecule has 10 heavy (non-hydrogen) atoms. The summed E-state index contributed by atoms with van der Waals surface area (Å²) >= 11 is 1.98. The standard InChI is InChI=1S/C8H19NS/c1-4-5-6-10-8(3)7(2)9/h7-8H,4-6,9H2,1-3H3. The number of unbranched alkanes of at least 4 members (excludes halogenated alkanes) is 1. The smallest absolute Gasteiger partial charge is 0.0168 e. The van der Waals surface area contributed by atoms with Crippen molar-refractivity contribution in [3.63, 3.8) is 0 Å². The molecule has 1 nitrogen and oxygen atoms in total. The van der Waals surface area contributed by atoms with Gasteiger partial charge >= 0.3 is 0 Å². The van der Waals surface area contributed by atoms with E-state index in [-0.39, 0.29) is 0 Å². The largest absolute Gasteiger partial charge is 0.327 e. The molecular formula is C8H19NS. The molecule has 0 aromatic carbocycles. The Morgan fingerprint density at radius 1 is 1.40 bits per heavy atom. The van der Waals surface area contributed by atoms with Gasteiger partial charge in [0.2, 0.25) is 0 Å². The van der Waals surface area contributed by atoms with Crippen molar-refractivity contribution in [2.75, 3.05) is 5.75 Å². The Morgan fingerprint density at radius 3 is 2.40 bits per heavy atom. The molecule has 0 amide bonds. The number of thioether (sulfide) groups is 1. The van der Waals surface area contributed by atoms with E-state index in [0.29, 0.717) is 11.3 Å². The molecule has 0 aliphatic carbocycles. The average molecular weight is 161 g/mol. The Labute approximate surface area is 68.8 Å². The highest BCUT2D eigenvalue weighted by atomic mass is 32.2. The quantitative estimate of drug-likeness (QED) is 0.626. The second kappa shape index (κ2) is 6.05. The molecule has 2 unspecified atom stereocenters. The van der Waals surface area contributed by atoms with Gasteiger partial charge in [-0.05, 0) is 19.1 Å². The number of rotatable bonds is 5. The Morgan fingerprint density at radius 2 is 2.00 bits per heavy atom. The lowest BCUT2D eigenvalue weighted by Gasteiger charge is -2.13. The maximum absolute atomic E-state index is 5.70. The highest BCUT2D eigenvalue weighted by molar-refractivity contribution is 7.99. The zero-order valence-electron chi connectivity index (χ0n) is 7.26. The van der Waals surface area contributed by atoms with E-state index >= 15 is 0 Å². The van der Waals surface area contributed by atoms with Gasteiger partial charge in [-0.15, -0.1) is 0 Å². The summed E-state index contributed by atoms with van der Waals surface area (Å²) in [5.41, 5.74) is 5.70. The van der Waals surface area contributed by atoms with Crippen LogP contribution in [0.5, 0.6) is 0 Å². The van der Waals surface area contributed by atoms with E-state index in [0.717, 1.165) is 0 Å². The van der Waals surface area contributed by atoms with E-state index in [1.165, 1.54) is 18.6 Å². The SMILES string of the molecule is CCCCSC(C)C(C)N. The lowest BCUT2D eigenvalue weighted by atomic mass is 10.3. The predicted octanol–water partition coefficient (Wildman–Crippen LogP) is 2.26. The fraction of sp³-hybridized carbons (Fsp3) is 1.00. The fourth-order valence-electron chi connectivity index (χ4n) is 0.565. The van der Waals surface area contributed by atoms with Gasteiger partial charge in [-0.25, -0.2) is 0 Å². The van der Waals surface area contributed by atoms with Crippen molar-refractivity contribution in [3.05, 3.63) is 0 Å². The first-order chi connectivity index (χ1) is 4.68. The minimum absolute atomic E-state index is 0.335. The number of hydrogen-bond acceptors (Lipinski definition) is 2. The maximum Gasteiger partial charge on any atom is 0.0168 e. The molecule has 0 saturated carbocycles. The van der Waals surface area contributed by atoms with Crippen LogP contribution in [0.15, 0.2) is 0 Å². The van der Waals surface area contributed by atoms with Gasteiger partial charge in [0, 0.05) is 11.3 Å². The fourth-order valence-corrected chi connectivity index (χ4v) is 1.70. The summed E-state index contributed by atoms with van der Waals surface area (Å²) < 4.78 is 0. The molecule has 0 aromatic heterocycles. The second-order valence-corrected chi connectivity index (χ2v) is 4.27. The van der Waals surface area contributed by atoms with Crippen LogP contribution < -0.4 is 5.73 Å². The topological polar surface area (TPSA) is 26.0 Å². The molecule has 0 spiro atoms. The van der Waals surface area contributed by atoms with Gasteiger partial charge in [0.05, 0.1) is 0 Å². The summed E-state index contributed by atoms with van der Waals surface area (Å²) in [6, 6.07) is 0.335. The lowest BCUT2D eigenvalue weighted by Crippen LogP contribution is -2.26. The van der Waals surface area contributed by atoms with Crippen LogP contribution in [-0.4, -0.2) is 17.0 Å². The Bertz CT molecular complexity index is 73.7. The molecule has 0 radical (unpaired) electrons. The predicted molar refractivity (Wildman–Crippen MR) is 50.5 cm³/mol. The molecule has 0 aliphatic heterocycles. The van der Waals surface area contributed by atoms with Crippen LogP contribution in [0.2, 0.25) is 0 Å². The molecule has 0 heterocycles. The average Bonchev–Trinajstić information content (AvgIpc) is 1.88. The first kappa shape index (κ1) is 10.3. The van der Waals surface area contributed by atoms with E-state index in [9.17, 15) is 0 Å². The first-order valence-corrected chi connectivity index (χ1v) is 5.10. The van der Waals surface area contributed by atoms with Gasteiger partial charge in [0.15, 0.2) is 0 Å². The van der Waals surface area contributed by atoms with Crippen molar-refractivity contribution in [3.8, 4) is 0 Å². The van der Waals surface area contributed by atoms with Crippen LogP contribution in [0.3, 0.4) is 0 Å². The monoisotopic (exact) mass is 161 g/mol. The lowest BCUT2D eigenvalue weighted by molar-refractivity contribution is 0.729. The van der Waals surface area contributed by atoms with Crippen molar-refractivity contribution in [2.45, 2.75) is 44.9 Å². The van der Waals surface area contributed by atoms with Crippen LogP contribution in [-0.2, 0) is 0 Å². The van der Waals surface area contributed by atoms with Gasteiger partial charge in [0.25, 0.3) is 0 Å². The molecule has 62 valence electrons. The highest BCUT2D eigenvalue weighted by Gasteiger charge is 2.05. The van der Waals surface area contributed by atoms with E-state index in [1.54, 1.807) is 0 Å². The molecule has 0 rings (SSSR count). The summed E-state index contributed by atoms with van der Waals surface area (Å²) in [6.45, 7) is 6.49. The van der Waals surface area contributed by atoms with Crippen molar-refractivity contribution in [1.82, 2.24) is 0 Å².